The summed E-state index contributed by atoms with van der Waals surface area (Å²) >= 11 is 6.06. The second-order valence-corrected chi connectivity index (χ2v) is 9.26. The molecule has 38 heavy (non-hydrogen) atoms. The van der Waals surface area contributed by atoms with Crippen molar-refractivity contribution in [3.05, 3.63) is 113 Å². The standard InChI is InChI=1S/C28H23ClF3N5O/c29-22-8-9-24(28(30,31)32)21(13-22)18-36-12-11-34-26-25(36)14-23(16-35-26)37(17-19-5-4-10-33-15-19)27(38)20-6-2-1-3-7-20/h1-10,13-16H,11-12,17-18H2,(H,34,35). The van der Waals surface area contributed by atoms with E-state index in [-0.39, 0.29) is 29.6 Å². The maximum Gasteiger partial charge on any atom is 0.416 e. The Balaban J connectivity index is 1.53. The van der Waals surface area contributed by atoms with Crippen LogP contribution in [0.3, 0.4) is 0 Å². The van der Waals surface area contributed by atoms with E-state index in [9.17, 15) is 18.0 Å². The zero-order valence-corrected chi connectivity index (χ0v) is 20.9. The topological polar surface area (TPSA) is 61.4 Å². The van der Waals surface area contributed by atoms with Crippen LogP contribution in [-0.4, -0.2) is 29.0 Å². The van der Waals surface area contributed by atoms with E-state index in [0.29, 0.717) is 35.8 Å². The number of nitrogens with one attached hydrogen (secondary N) is 1. The van der Waals surface area contributed by atoms with E-state index in [1.165, 1.54) is 12.1 Å². The Kier molecular flexibility index (Phi) is 7.20. The van der Waals surface area contributed by atoms with Crippen LogP contribution in [0, 0.1) is 0 Å². The van der Waals surface area contributed by atoms with E-state index in [1.807, 2.05) is 17.0 Å². The van der Waals surface area contributed by atoms with Crippen LogP contribution >= 0.6 is 11.6 Å². The van der Waals surface area contributed by atoms with Gasteiger partial charge in [0.15, 0.2) is 0 Å². The summed E-state index contributed by atoms with van der Waals surface area (Å²) in [4.78, 5) is 25.7. The van der Waals surface area contributed by atoms with Crippen LogP contribution in [0.5, 0.6) is 0 Å². The van der Waals surface area contributed by atoms with Crippen molar-refractivity contribution in [1.29, 1.82) is 0 Å². The quantitative estimate of drug-likeness (QED) is 0.307. The number of alkyl halides is 3. The molecule has 1 aliphatic heterocycles. The van der Waals surface area contributed by atoms with Crippen molar-refractivity contribution >= 4 is 34.7 Å². The van der Waals surface area contributed by atoms with E-state index in [0.717, 1.165) is 11.6 Å². The SMILES string of the molecule is O=C(c1ccccc1)N(Cc1cccnc1)c1cnc2c(c1)N(Cc1cc(Cl)ccc1C(F)(F)F)CCN2. The van der Waals surface area contributed by atoms with E-state index in [2.05, 4.69) is 15.3 Å². The molecular weight excluding hydrogens is 515 g/mol. The summed E-state index contributed by atoms with van der Waals surface area (Å²) in [6.07, 6.45) is 0.414. The Morgan fingerprint density at radius 3 is 2.61 bits per heavy atom. The minimum absolute atomic E-state index is 0.0234. The molecule has 0 saturated carbocycles. The lowest BCUT2D eigenvalue weighted by Crippen LogP contribution is -2.35. The largest absolute Gasteiger partial charge is 0.416 e. The summed E-state index contributed by atoms with van der Waals surface area (Å²) in [5, 5.41) is 3.42. The molecule has 5 rings (SSSR count). The molecule has 194 valence electrons. The zero-order valence-electron chi connectivity index (χ0n) is 20.1. The Hall–Kier alpha value is -4.11. The van der Waals surface area contributed by atoms with E-state index in [1.54, 1.807) is 59.9 Å². The highest BCUT2D eigenvalue weighted by atomic mass is 35.5. The number of carbonyl (C=O) groups is 1. The molecule has 6 nitrogen and oxygen atoms in total. The van der Waals surface area contributed by atoms with Gasteiger partial charge in [-0.05, 0) is 53.6 Å². The van der Waals surface area contributed by atoms with Gasteiger partial charge in [0.05, 0.1) is 29.7 Å². The molecule has 0 aliphatic carbocycles. The lowest BCUT2D eigenvalue weighted by atomic mass is 10.1. The molecule has 1 aliphatic rings. The number of halogens is 4. The number of amides is 1. The number of rotatable bonds is 6. The Labute approximate surface area is 222 Å². The maximum atomic E-state index is 13.7. The molecule has 4 aromatic rings. The predicted octanol–water partition coefficient (Wildman–Crippen LogP) is 6.43. The van der Waals surface area contributed by atoms with Crippen molar-refractivity contribution < 1.29 is 18.0 Å². The molecule has 3 heterocycles. The molecule has 0 unspecified atom stereocenters. The monoisotopic (exact) mass is 537 g/mol. The Morgan fingerprint density at radius 1 is 1.05 bits per heavy atom. The minimum atomic E-state index is -4.51. The highest BCUT2D eigenvalue weighted by Crippen LogP contribution is 2.37. The molecule has 2 aromatic heterocycles. The number of aromatic nitrogens is 2. The molecule has 0 bridgehead atoms. The number of nitrogens with zero attached hydrogens (tertiary/aromatic N) is 4. The van der Waals surface area contributed by atoms with Crippen LogP contribution in [0.15, 0.2) is 85.3 Å². The van der Waals surface area contributed by atoms with Crippen molar-refractivity contribution in [2.24, 2.45) is 0 Å². The molecule has 0 fully saturated rings. The van der Waals surface area contributed by atoms with Gasteiger partial charge in [-0.3, -0.25) is 9.78 Å². The van der Waals surface area contributed by atoms with Crippen LogP contribution in [0.2, 0.25) is 5.02 Å². The van der Waals surface area contributed by atoms with Gasteiger partial charge in [-0.1, -0.05) is 35.9 Å². The molecule has 1 amide bonds. The van der Waals surface area contributed by atoms with Gasteiger partial charge in [-0.25, -0.2) is 4.98 Å². The lowest BCUT2D eigenvalue weighted by Gasteiger charge is -2.33. The maximum absolute atomic E-state index is 13.7. The molecule has 1 N–H and O–H groups in total. The van der Waals surface area contributed by atoms with Crippen molar-refractivity contribution in [1.82, 2.24) is 9.97 Å². The Morgan fingerprint density at radius 2 is 1.87 bits per heavy atom. The molecule has 0 saturated heterocycles. The van der Waals surface area contributed by atoms with Crippen LogP contribution in [0.1, 0.15) is 27.0 Å². The van der Waals surface area contributed by atoms with Gasteiger partial charge in [0, 0.05) is 42.6 Å². The molecule has 0 spiro atoms. The van der Waals surface area contributed by atoms with Gasteiger partial charge < -0.3 is 15.1 Å². The predicted molar refractivity (Wildman–Crippen MR) is 141 cm³/mol. The molecule has 0 radical (unpaired) electrons. The number of hydrogen-bond acceptors (Lipinski definition) is 5. The summed E-state index contributed by atoms with van der Waals surface area (Å²) in [6.45, 7) is 1.16. The van der Waals surface area contributed by atoms with Gasteiger partial charge in [-0.2, -0.15) is 13.2 Å². The van der Waals surface area contributed by atoms with Crippen molar-refractivity contribution in [2.75, 3.05) is 28.2 Å². The van der Waals surface area contributed by atoms with Gasteiger partial charge in [0.2, 0.25) is 0 Å². The van der Waals surface area contributed by atoms with Crippen LogP contribution in [-0.2, 0) is 19.3 Å². The first-order valence-electron chi connectivity index (χ1n) is 11.9. The lowest BCUT2D eigenvalue weighted by molar-refractivity contribution is -0.138. The van der Waals surface area contributed by atoms with E-state index in [4.69, 9.17) is 11.6 Å². The average molecular weight is 538 g/mol. The first kappa shape index (κ1) is 25.5. The number of hydrogen-bond donors (Lipinski definition) is 1. The molecule has 10 heteroatoms. The number of anilines is 3. The van der Waals surface area contributed by atoms with Crippen LogP contribution in [0.25, 0.3) is 0 Å². The summed E-state index contributed by atoms with van der Waals surface area (Å²) < 4.78 is 41.2. The van der Waals surface area contributed by atoms with Crippen molar-refractivity contribution in [2.45, 2.75) is 19.3 Å². The average Bonchev–Trinajstić information content (AvgIpc) is 2.92. The van der Waals surface area contributed by atoms with Crippen molar-refractivity contribution in [3.63, 3.8) is 0 Å². The summed E-state index contributed by atoms with van der Waals surface area (Å²) in [5.74, 6) is 0.296. The fourth-order valence-electron chi connectivity index (χ4n) is 4.43. The number of pyridine rings is 2. The van der Waals surface area contributed by atoms with E-state index >= 15 is 0 Å². The van der Waals surface area contributed by atoms with Gasteiger partial charge in [0.1, 0.15) is 5.82 Å². The second kappa shape index (κ2) is 10.7. The molecule has 0 atom stereocenters. The highest BCUT2D eigenvalue weighted by molar-refractivity contribution is 6.30. The normalized spacial score (nSPS) is 13.0. The number of fused-ring (bicyclic) bond motifs is 1. The minimum Gasteiger partial charge on any atom is -0.367 e. The molecule has 2 aromatic carbocycles. The third kappa shape index (κ3) is 5.57. The first-order chi connectivity index (χ1) is 18.3. The zero-order chi connectivity index (χ0) is 26.7. The Bertz CT molecular complexity index is 1430. The third-order valence-electron chi connectivity index (χ3n) is 6.24. The van der Waals surface area contributed by atoms with E-state index < -0.39 is 11.7 Å². The second-order valence-electron chi connectivity index (χ2n) is 8.83. The fraction of sp³-hybridized carbons (Fsp3) is 0.179. The third-order valence-corrected chi connectivity index (χ3v) is 6.48. The molecular formula is C28H23ClF3N5O. The number of carbonyl (C=O) groups excluding carboxylic acids is 1. The van der Waals surface area contributed by atoms with Crippen molar-refractivity contribution in [3.8, 4) is 0 Å². The van der Waals surface area contributed by atoms with Gasteiger partial charge in [0.25, 0.3) is 5.91 Å². The van der Waals surface area contributed by atoms with Gasteiger partial charge in [-0.15, -0.1) is 0 Å². The summed E-state index contributed by atoms with van der Waals surface area (Å²) in [7, 11) is 0. The summed E-state index contributed by atoms with van der Waals surface area (Å²) in [6, 6.07) is 17.9. The van der Waals surface area contributed by atoms with Gasteiger partial charge >= 0.3 is 6.18 Å². The van der Waals surface area contributed by atoms with Crippen LogP contribution in [0.4, 0.5) is 30.4 Å². The number of benzene rings is 2. The summed E-state index contributed by atoms with van der Waals surface area (Å²) in [5.41, 5.74) is 1.76. The smallest absolute Gasteiger partial charge is 0.367 e. The fourth-order valence-corrected chi connectivity index (χ4v) is 4.62. The highest BCUT2D eigenvalue weighted by Gasteiger charge is 2.34. The van der Waals surface area contributed by atoms with Crippen LogP contribution < -0.4 is 15.1 Å². The first-order valence-corrected chi connectivity index (χ1v) is 12.3.